The number of carbonyl (C=O) groups is 1. The number of hydrogen-bond donors (Lipinski definition) is 1. The van der Waals surface area contributed by atoms with Crippen LogP contribution in [-0.4, -0.2) is 26.2 Å². The molecule has 0 fully saturated rings. The molecular weight excluding hydrogens is 254 g/mol. The Hall–Kier alpha value is -0.390. The van der Waals surface area contributed by atoms with Crippen LogP contribution in [0.1, 0.15) is 10.4 Å². The van der Waals surface area contributed by atoms with Crippen molar-refractivity contribution in [1.29, 1.82) is 0 Å². The zero-order valence-corrected chi connectivity index (χ0v) is 9.57. The first kappa shape index (κ1) is 10.7. The predicted octanol–water partition coefficient (Wildman–Crippen LogP) is 1.89. The Kier molecular flexibility index (Phi) is 4.41. The van der Waals surface area contributed by atoms with Gasteiger partial charge in [-0.3, -0.25) is 4.79 Å². The van der Waals surface area contributed by atoms with Crippen molar-refractivity contribution < 1.29 is 9.53 Å². The minimum atomic E-state index is -0.0565. The maximum atomic E-state index is 11.4. The van der Waals surface area contributed by atoms with Crippen molar-refractivity contribution in [1.82, 2.24) is 5.32 Å². The summed E-state index contributed by atoms with van der Waals surface area (Å²) >= 11 is 4.79. The molecule has 1 aromatic rings. The largest absolute Gasteiger partial charge is 0.383 e. The molecule has 0 aliphatic rings. The maximum Gasteiger partial charge on any atom is 0.252 e. The normalized spacial score (nSPS) is 10.0. The Balaban J connectivity index is 2.40. The Morgan fingerprint density at radius 3 is 3.08 bits per heavy atom. The second-order valence-electron chi connectivity index (χ2n) is 2.39. The molecule has 1 rings (SSSR count). The van der Waals surface area contributed by atoms with Crippen molar-refractivity contribution in [2.24, 2.45) is 0 Å². The summed E-state index contributed by atoms with van der Waals surface area (Å²) in [6, 6.07) is 1.80. The van der Waals surface area contributed by atoms with E-state index in [1.54, 1.807) is 13.2 Å². The number of ether oxygens (including phenoxy) is 1. The van der Waals surface area contributed by atoms with Crippen molar-refractivity contribution in [2.75, 3.05) is 20.3 Å². The second kappa shape index (κ2) is 5.36. The van der Waals surface area contributed by atoms with Crippen molar-refractivity contribution in [3.05, 3.63) is 20.8 Å². The number of carbonyl (C=O) groups excluding carboxylic acids is 1. The van der Waals surface area contributed by atoms with Gasteiger partial charge >= 0.3 is 0 Å². The lowest BCUT2D eigenvalue weighted by Crippen LogP contribution is -2.26. The maximum absolute atomic E-state index is 11.4. The van der Waals surface area contributed by atoms with Gasteiger partial charge in [-0.05, 0) is 22.0 Å². The molecule has 1 N–H and O–H groups in total. The summed E-state index contributed by atoms with van der Waals surface area (Å²) < 4.78 is 5.77. The van der Waals surface area contributed by atoms with Gasteiger partial charge in [0.05, 0.1) is 16.0 Å². The van der Waals surface area contributed by atoms with Gasteiger partial charge in [0.25, 0.3) is 5.91 Å². The van der Waals surface area contributed by atoms with Gasteiger partial charge in [0.2, 0.25) is 0 Å². The monoisotopic (exact) mass is 263 g/mol. The molecule has 0 saturated carbocycles. The number of amides is 1. The van der Waals surface area contributed by atoms with Crippen LogP contribution in [0.4, 0.5) is 0 Å². The summed E-state index contributed by atoms with van der Waals surface area (Å²) in [7, 11) is 1.60. The van der Waals surface area contributed by atoms with E-state index in [1.165, 1.54) is 11.3 Å². The van der Waals surface area contributed by atoms with Gasteiger partial charge in [-0.1, -0.05) is 0 Å². The van der Waals surface area contributed by atoms with E-state index < -0.39 is 0 Å². The second-order valence-corrected chi connectivity index (χ2v) is 4.68. The number of methoxy groups -OCH3 is 1. The van der Waals surface area contributed by atoms with Crippen LogP contribution in [0.3, 0.4) is 0 Å². The summed E-state index contributed by atoms with van der Waals surface area (Å²) in [4.78, 5) is 11.4. The molecule has 1 aromatic heterocycles. The molecule has 1 heterocycles. The van der Waals surface area contributed by atoms with E-state index in [-0.39, 0.29) is 5.91 Å². The van der Waals surface area contributed by atoms with Gasteiger partial charge < -0.3 is 10.1 Å². The van der Waals surface area contributed by atoms with Gasteiger partial charge in [-0.15, -0.1) is 11.3 Å². The molecule has 0 radical (unpaired) electrons. The quantitative estimate of drug-likeness (QED) is 0.843. The van der Waals surface area contributed by atoms with Crippen molar-refractivity contribution in [2.45, 2.75) is 0 Å². The summed E-state index contributed by atoms with van der Waals surface area (Å²) in [6.07, 6.45) is 0. The van der Waals surface area contributed by atoms with E-state index in [1.807, 2.05) is 5.38 Å². The lowest BCUT2D eigenvalue weighted by atomic mass is 10.3. The third kappa shape index (κ3) is 3.46. The van der Waals surface area contributed by atoms with E-state index in [4.69, 9.17) is 4.74 Å². The lowest BCUT2D eigenvalue weighted by Gasteiger charge is -2.01. The van der Waals surface area contributed by atoms with Crippen molar-refractivity contribution >= 4 is 33.2 Å². The number of rotatable bonds is 4. The highest BCUT2D eigenvalue weighted by atomic mass is 79.9. The molecule has 0 aliphatic heterocycles. The van der Waals surface area contributed by atoms with E-state index in [9.17, 15) is 4.79 Å². The molecule has 0 unspecified atom stereocenters. The van der Waals surface area contributed by atoms with Crippen molar-refractivity contribution in [3.8, 4) is 0 Å². The summed E-state index contributed by atoms with van der Waals surface area (Å²) in [5.74, 6) is -0.0565. The minimum Gasteiger partial charge on any atom is -0.383 e. The number of halogens is 1. The van der Waals surface area contributed by atoms with Crippen LogP contribution in [0.2, 0.25) is 0 Å². The highest BCUT2D eigenvalue weighted by Gasteiger charge is 2.06. The van der Waals surface area contributed by atoms with Crippen LogP contribution in [0, 0.1) is 0 Å². The molecule has 0 bridgehead atoms. The molecule has 0 saturated heterocycles. The number of hydrogen-bond acceptors (Lipinski definition) is 3. The lowest BCUT2D eigenvalue weighted by molar-refractivity contribution is 0.0937. The first-order valence-electron chi connectivity index (χ1n) is 3.75. The topological polar surface area (TPSA) is 38.3 Å². The highest BCUT2D eigenvalue weighted by Crippen LogP contribution is 2.20. The standard InChI is InChI=1S/C8H10BrNO2S/c1-12-3-2-10-8(11)6-4-7(9)13-5-6/h4-5H,2-3H2,1H3,(H,10,11). The third-order valence-electron chi connectivity index (χ3n) is 1.42. The average Bonchev–Trinajstić information content (AvgIpc) is 2.52. The van der Waals surface area contributed by atoms with Crippen LogP contribution in [0.15, 0.2) is 15.2 Å². The fraction of sp³-hybridized carbons (Fsp3) is 0.375. The fourth-order valence-corrected chi connectivity index (χ4v) is 1.93. The summed E-state index contributed by atoms with van der Waals surface area (Å²) in [6.45, 7) is 1.08. The van der Waals surface area contributed by atoms with Crippen LogP contribution in [0.25, 0.3) is 0 Å². The molecule has 0 spiro atoms. The van der Waals surface area contributed by atoms with E-state index >= 15 is 0 Å². The Morgan fingerprint density at radius 2 is 2.54 bits per heavy atom. The van der Waals surface area contributed by atoms with Gasteiger partial charge in [0.1, 0.15) is 0 Å². The molecule has 72 valence electrons. The Labute approximate surface area is 89.2 Å². The smallest absolute Gasteiger partial charge is 0.252 e. The van der Waals surface area contributed by atoms with Gasteiger partial charge in [0.15, 0.2) is 0 Å². The molecule has 1 amide bonds. The Bertz CT molecular complexity index is 287. The molecular formula is C8H10BrNO2S. The van der Waals surface area contributed by atoms with E-state index in [0.29, 0.717) is 18.7 Å². The minimum absolute atomic E-state index is 0.0565. The molecule has 3 nitrogen and oxygen atoms in total. The average molecular weight is 264 g/mol. The first-order chi connectivity index (χ1) is 6.24. The van der Waals surface area contributed by atoms with Crippen LogP contribution < -0.4 is 5.32 Å². The van der Waals surface area contributed by atoms with Gasteiger partial charge in [-0.25, -0.2) is 0 Å². The van der Waals surface area contributed by atoms with Crippen molar-refractivity contribution in [3.63, 3.8) is 0 Å². The highest BCUT2D eigenvalue weighted by molar-refractivity contribution is 9.11. The fourth-order valence-electron chi connectivity index (χ4n) is 0.798. The van der Waals surface area contributed by atoms with Crippen LogP contribution in [0.5, 0.6) is 0 Å². The zero-order chi connectivity index (χ0) is 9.68. The molecule has 0 aliphatic carbocycles. The number of nitrogens with one attached hydrogen (secondary N) is 1. The first-order valence-corrected chi connectivity index (χ1v) is 5.42. The summed E-state index contributed by atoms with van der Waals surface area (Å²) in [5.41, 5.74) is 0.688. The predicted molar refractivity (Wildman–Crippen MR) is 56.2 cm³/mol. The third-order valence-corrected chi connectivity index (χ3v) is 2.93. The molecule has 5 heteroatoms. The van der Waals surface area contributed by atoms with Crippen LogP contribution in [-0.2, 0) is 4.74 Å². The molecule has 0 aromatic carbocycles. The van der Waals surface area contributed by atoms with E-state index in [2.05, 4.69) is 21.2 Å². The van der Waals surface area contributed by atoms with Crippen LogP contribution >= 0.6 is 27.3 Å². The van der Waals surface area contributed by atoms with Gasteiger partial charge in [0, 0.05) is 19.0 Å². The SMILES string of the molecule is COCCNC(=O)c1csc(Br)c1. The molecule has 0 atom stereocenters. The van der Waals surface area contributed by atoms with Gasteiger partial charge in [-0.2, -0.15) is 0 Å². The zero-order valence-electron chi connectivity index (χ0n) is 7.17. The molecule has 13 heavy (non-hydrogen) atoms. The summed E-state index contributed by atoms with van der Waals surface area (Å²) in [5, 5.41) is 4.55. The Morgan fingerprint density at radius 1 is 1.77 bits per heavy atom. The number of thiophene rings is 1. The van der Waals surface area contributed by atoms with E-state index in [0.717, 1.165) is 3.79 Å².